The second-order valence-corrected chi connectivity index (χ2v) is 6.92. The van der Waals surface area contributed by atoms with Gasteiger partial charge in [-0.2, -0.15) is 8.42 Å². The molecule has 1 unspecified atom stereocenters. The quantitative estimate of drug-likeness (QED) is 0.799. The van der Waals surface area contributed by atoms with Crippen molar-refractivity contribution in [3.05, 3.63) is 24.3 Å². The first-order valence-corrected chi connectivity index (χ1v) is 9.33. The zero-order chi connectivity index (χ0) is 17.9. The predicted molar refractivity (Wildman–Crippen MR) is 88.5 cm³/mol. The Balaban J connectivity index is 1.49. The Labute approximate surface area is 145 Å². The van der Waals surface area contributed by atoms with Crippen molar-refractivity contribution in [3.8, 4) is 5.75 Å². The fourth-order valence-corrected chi connectivity index (χ4v) is 3.35. The molecule has 138 valence electrons. The van der Waals surface area contributed by atoms with Crippen molar-refractivity contribution in [2.24, 2.45) is 0 Å². The molecule has 0 radical (unpaired) electrons. The number of anilines is 1. The van der Waals surface area contributed by atoms with E-state index in [9.17, 15) is 17.1 Å². The minimum absolute atomic E-state index is 0.159. The largest absolute Gasteiger partial charge is 0.488 e. The number of halogens is 1. The number of ether oxygens (including phenoxy) is 1. The lowest BCUT2D eigenvalue weighted by atomic mass is 10.2. The van der Waals surface area contributed by atoms with Gasteiger partial charge in [0.25, 0.3) is 0 Å². The first-order valence-electron chi connectivity index (χ1n) is 8.02. The minimum atomic E-state index is -5.05. The first kappa shape index (κ1) is 17.9. The summed E-state index contributed by atoms with van der Waals surface area (Å²) in [5, 5.41) is 2.73. The number of carbonyl (C=O) groups is 1. The zero-order valence-electron chi connectivity index (χ0n) is 13.6. The summed E-state index contributed by atoms with van der Waals surface area (Å²) in [6, 6.07) is 5.66. The summed E-state index contributed by atoms with van der Waals surface area (Å²) in [7, 11) is -5.05. The van der Waals surface area contributed by atoms with Gasteiger partial charge in [0.15, 0.2) is 0 Å². The van der Waals surface area contributed by atoms with E-state index in [1.807, 2.05) is 0 Å². The number of piperazine rings is 1. The van der Waals surface area contributed by atoms with Crippen molar-refractivity contribution in [2.45, 2.75) is 12.5 Å². The van der Waals surface area contributed by atoms with E-state index in [-0.39, 0.29) is 11.8 Å². The molecule has 1 aromatic rings. The van der Waals surface area contributed by atoms with Gasteiger partial charge in [0, 0.05) is 44.5 Å². The SMILES string of the molecule is O=C(Nc1ccc(OS(=O)(=O)F)cc1)N1CCN(C2CCOC2)CC1. The van der Waals surface area contributed by atoms with Gasteiger partial charge in [-0.25, -0.2) is 4.79 Å². The van der Waals surface area contributed by atoms with Crippen LogP contribution in [0.15, 0.2) is 24.3 Å². The van der Waals surface area contributed by atoms with Crippen LogP contribution in [-0.2, 0) is 15.2 Å². The molecule has 0 aliphatic carbocycles. The highest BCUT2D eigenvalue weighted by atomic mass is 32.3. The smallest absolute Gasteiger partial charge is 0.380 e. The van der Waals surface area contributed by atoms with E-state index in [0.717, 1.165) is 32.7 Å². The molecule has 0 spiro atoms. The van der Waals surface area contributed by atoms with Gasteiger partial charge in [0.1, 0.15) is 5.75 Å². The fraction of sp³-hybridized carbons (Fsp3) is 0.533. The van der Waals surface area contributed by atoms with Gasteiger partial charge < -0.3 is 19.1 Å². The van der Waals surface area contributed by atoms with Gasteiger partial charge in [-0.1, -0.05) is 3.89 Å². The number of hydrogen-bond acceptors (Lipinski definition) is 6. The van der Waals surface area contributed by atoms with Crippen LogP contribution in [0.3, 0.4) is 0 Å². The highest BCUT2D eigenvalue weighted by molar-refractivity contribution is 7.81. The van der Waals surface area contributed by atoms with Crippen LogP contribution in [0.2, 0.25) is 0 Å². The molecule has 8 nitrogen and oxygen atoms in total. The topological polar surface area (TPSA) is 88.2 Å². The highest BCUT2D eigenvalue weighted by Crippen LogP contribution is 2.19. The second kappa shape index (κ2) is 7.54. The molecule has 0 aromatic heterocycles. The summed E-state index contributed by atoms with van der Waals surface area (Å²) in [6.45, 7) is 4.43. The lowest BCUT2D eigenvalue weighted by molar-refractivity contribution is 0.0988. The Morgan fingerprint density at radius 2 is 1.88 bits per heavy atom. The van der Waals surface area contributed by atoms with Gasteiger partial charge in [0.05, 0.1) is 6.61 Å². The molecule has 2 aliphatic rings. The van der Waals surface area contributed by atoms with Crippen LogP contribution in [0.1, 0.15) is 6.42 Å². The van der Waals surface area contributed by atoms with Crippen LogP contribution >= 0.6 is 0 Å². The van der Waals surface area contributed by atoms with Crippen LogP contribution in [0.25, 0.3) is 0 Å². The summed E-state index contributed by atoms with van der Waals surface area (Å²) in [5.41, 5.74) is 0.472. The predicted octanol–water partition coefficient (Wildman–Crippen LogP) is 1.22. The number of hydrogen-bond donors (Lipinski definition) is 1. The molecule has 3 rings (SSSR count). The Morgan fingerprint density at radius 3 is 2.44 bits per heavy atom. The maximum absolute atomic E-state index is 12.4. The van der Waals surface area contributed by atoms with Crippen molar-refractivity contribution >= 4 is 22.2 Å². The summed E-state index contributed by atoms with van der Waals surface area (Å²) >= 11 is 0. The van der Waals surface area contributed by atoms with Gasteiger partial charge >= 0.3 is 16.5 Å². The van der Waals surface area contributed by atoms with Gasteiger partial charge in [-0.05, 0) is 30.7 Å². The van der Waals surface area contributed by atoms with Gasteiger partial charge in [-0.3, -0.25) is 4.90 Å². The van der Waals surface area contributed by atoms with Crippen LogP contribution in [-0.4, -0.2) is 69.7 Å². The third kappa shape index (κ3) is 5.03. The molecular formula is C15H20FN3O5S. The molecule has 2 heterocycles. The maximum atomic E-state index is 12.4. The molecule has 0 bridgehead atoms. The third-order valence-corrected chi connectivity index (χ3v) is 4.72. The van der Waals surface area contributed by atoms with Crippen LogP contribution in [0.4, 0.5) is 14.4 Å². The summed E-state index contributed by atoms with van der Waals surface area (Å²) < 4.78 is 42.8. The number of nitrogens with zero attached hydrogens (tertiary/aromatic N) is 2. The highest BCUT2D eigenvalue weighted by Gasteiger charge is 2.28. The Kier molecular flexibility index (Phi) is 5.40. The molecule has 2 saturated heterocycles. The van der Waals surface area contributed by atoms with E-state index in [0.29, 0.717) is 24.8 Å². The van der Waals surface area contributed by atoms with Crippen molar-refractivity contribution in [1.29, 1.82) is 0 Å². The van der Waals surface area contributed by atoms with Crippen molar-refractivity contribution in [1.82, 2.24) is 9.80 Å². The lowest BCUT2D eigenvalue weighted by Crippen LogP contribution is -2.53. The molecule has 1 atom stereocenters. The van der Waals surface area contributed by atoms with E-state index in [1.54, 1.807) is 4.90 Å². The lowest BCUT2D eigenvalue weighted by Gasteiger charge is -2.37. The third-order valence-electron chi connectivity index (χ3n) is 4.32. The second-order valence-electron chi connectivity index (χ2n) is 5.97. The van der Waals surface area contributed by atoms with Crippen molar-refractivity contribution in [3.63, 3.8) is 0 Å². The molecule has 25 heavy (non-hydrogen) atoms. The van der Waals surface area contributed by atoms with Crippen molar-refractivity contribution in [2.75, 3.05) is 44.7 Å². The number of benzene rings is 1. The number of amides is 2. The monoisotopic (exact) mass is 373 g/mol. The molecule has 2 amide bonds. The van der Waals surface area contributed by atoms with Crippen LogP contribution in [0.5, 0.6) is 5.75 Å². The molecular weight excluding hydrogens is 353 g/mol. The molecule has 0 saturated carbocycles. The minimum Gasteiger partial charge on any atom is -0.380 e. The van der Waals surface area contributed by atoms with E-state index in [2.05, 4.69) is 14.4 Å². The van der Waals surface area contributed by atoms with E-state index in [1.165, 1.54) is 24.3 Å². The summed E-state index contributed by atoms with van der Waals surface area (Å²) in [5.74, 6) is -0.159. The molecule has 10 heteroatoms. The van der Waals surface area contributed by atoms with Gasteiger partial charge in [0.2, 0.25) is 0 Å². The first-order chi connectivity index (χ1) is 11.9. The molecule has 1 N–H and O–H groups in total. The average Bonchev–Trinajstić information content (AvgIpc) is 3.10. The summed E-state index contributed by atoms with van der Waals surface area (Å²) in [4.78, 5) is 16.4. The molecule has 2 aliphatic heterocycles. The zero-order valence-corrected chi connectivity index (χ0v) is 14.4. The van der Waals surface area contributed by atoms with Crippen LogP contribution < -0.4 is 9.50 Å². The fourth-order valence-electron chi connectivity index (χ4n) is 3.01. The molecule has 1 aromatic carbocycles. The standard InChI is InChI=1S/C15H20FN3O5S/c16-25(21,22)24-14-3-1-12(2-4-14)17-15(20)19-8-6-18(7-9-19)13-5-10-23-11-13/h1-4,13H,5-11H2,(H,17,20). The van der Waals surface area contributed by atoms with Crippen LogP contribution in [0, 0.1) is 0 Å². The molecule has 2 fully saturated rings. The number of rotatable bonds is 4. The Bertz CT molecular complexity index is 698. The van der Waals surface area contributed by atoms with E-state index in [4.69, 9.17) is 4.74 Å². The Hall–Kier alpha value is -1.91. The summed E-state index contributed by atoms with van der Waals surface area (Å²) in [6.07, 6.45) is 1.04. The normalized spacial score (nSPS) is 22.0. The van der Waals surface area contributed by atoms with E-state index < -0.39 is 10.5 Å². The van der Waals surface area contributed by atoms with Gasteiger partial charge in [-0.15, -0.1) is 0 Å². The number of urea groups is 1. The van der Waals surface area contributed by atoms with E-state index >= 15 is 0 Å². The van der Waals surface area contributed by atoms with Crippen molar-refractivity contribution < 1.29 is 26.0 Å². The number of carbonyl (C=O) groups excluding carboxylic acids is 1. The number of nitrogens with one attached hydrogen (secondary N) is 1. The maximum Gasteiger partial charge on any atom is 0.488 e. The average molecular weight is 373 g/mol. The Morgan fingerprint density at radius 1 is 1.20 bits per heavy atom.